The molecule has 0 aromatic heterocycles. The highest BCUT2D eigenvalue weighted by atomic mass is 79.9. The van der Waals surface area contributed by atoms with Crippen molar-refractivity contribution < 1.29 is 8.78 Å². The fourth-order valence-electron chi connectivity index (χ4n) is 2.42. The fraction of sp³-hybridized carbons (Fsp3) is 0.250. The molecular formula is C16H16BrF2N. The second-order valence-corrected chi connectivity index (χ2v) is 5.80. The molecule has 1 nitrogen and oxygen atoms in total. The Balaban J connectivity index is 2.33. The van der Waals surface area contributed by atoms with Crippen LogP contribution in [0.2, 0.25) is 0 Å². The average Bonchev–Trinajstić information content (AvgIpc) is 2.39. The molecule has 0 spiro atoms. The Morgan fingerprint density at radius 3 is 2.20 bits per heavy atom. The molecular weight excluding hydrogens is 324 g/mol. The largest absolute Gasteiger partial charge is 0.330 e. The van der Waals surface area contributed by atoms with Crippen LogP contribution in [-0.4, -0.2) is 6.54 Å². The predicted molar refractivity (Wildman–Crippen MR) is 80.7 cm³/mol. The maximum Gasteiger partial charge on any atom is 0.124 e. The highest BCUT2D eigenvalue weighted by molar-refractivity contribution is 9.10. The quantitative estimate of drug-likeness (QED) is 0.867. The lowest BCUT2D eigenvalue weighted by molar-refractivity contribution is 0.569. The van der Waals surface area contributed by atoms with Gasteiger partial charge in [-0.1, -0.05) is 35.0 Å². The van der Waals surface area contributed by atoms with E-state index in [0.717, 1.165) is 11.1 Å². The lowest BCUT2D eigenvalue weighted by atomic mass is 9.83. The minimum Gasteiger partial charge on any atom is -0.330 e. The third-order valence-corrected chi connectivity index (χ3v) is 4.02. The number of nitrogens with two attached hydrogens (primary N) is 1. The number of halogens is 3. The summed E-state index contributed by atoms with van der Waals surface area (Å²) < 4.78 is 27.2. The molecule has 2 N–H and O–H groups in total. The van der Waals surface area contributed by atoms with E-state index in [1.165, 1.54) is 24.3 Å². The van der Waals surface area contributed by atoms with E-state index in [9.17, 15) is 8.78 Å². The zero-order valence-electron chi connectivity index (χ0n) is 11.1. The minimum absolute atomic E-state index is 0.0209. The van der Waals surface area contributed by atoms with Gasteiger partial charge in [0.2, 0.25) is 0 Å². The average molecular weight is 340 g/mol. The van der Waals surface area contributed by atoms with Crippen LogP contribution in [0, 0.1) is 11.6 Å². The van der Waals surface area contributed by atoms with E-state index in [4.69, 9.17) is 5.73 Å². The van der Waals surface area contributed by atoms with E-state index < -0.39 is 0 Å². The Bertz CT molecular complexity index is 563. The molecule has 2 atom stereocenters. The van der Waals surface area contributed by atoms with E-state index in [1.54, 1.807) is 12.1 Å². The molecule has 0 saturated carbocycles. The van der Waals surface area contributed by atoms with Crippen molar-refractivity contribution in [3.63, 3.8) is 0 Å². The monoisotopic (exact) mass is 339 g/mol. The zero-order valence-corrected chi connectivity index (χ0v) is 12.7. The molecule has 0 amide bonds. The van der Waals surface area contributed by atoms with Crippen molar-refractivity contribution in [1.82, 2.24) is 0 Å². The topological polar surface area (TPSA) is 26.0 Å². The fourth-order valence-corrected chi connectivity index (χ4v) is 2.90. The van der Waals surface area contributed by atoms with Crippen LogP contribution < -0.4 is 5.73 Å². The van der Waals surface area contributed by atoms with Gasteiger partial charge in [-0.15, -0.1) is 0 Å². The molecule has 0 aliphatic heterocycles. The van der Waals surface area contributed by atoms with Gasteiger partial charge in [0, 0.05) is 10.4 Å². The van der Waals surface area contributed by atoms with Crippen LogP contribution in [0.1, 0.15) is 29.9 Å². The lowest BCUT2D eigenvalue weighted by Gasteiger charge is -2.24. The minimum atomic E-state index is -0.292. The smallest absolute Gasteiger partial charge is 0.124 e. The molecule has 0 bridgehead atoms. The molecule has 20 heavy (non-hydrogen) atoms. The van der Waals surface area contributed by atoms with Gasteiger partial charge < -0.3 is 5.73 Å². The van der Waals surface area contributed by atoms with Gasteiger partial charge in [0.25, 0.3) is 0 Å². The molecule has 0 radical (unpaired) electrons. The summed E-state index contributed by atoms with van der Waals surface area (Å²) in [6.07, 6.45) is 0. The van der Waals surface area contributed by atoms with Crippen LogP contribution in [0.3, 0.4) is 0 Å². The van der Waals surface area contributed by atoms with E-state index in [0.29, 0.717) is 11.0 Å². The van der Waals surface area contributed by atoms with Gasteiger partial charge >= 0.3 is 0 Å². The van der Waals surface area contributed by atoms with Crippen molar-refractivity contribution in [1.29, 1.82) is 0 Å². The molecule has 0 aliphatic rings. The Morgan fingerprint density at radius 2 is 1.65 bits per heavy atom. The molecule has 4 heteroatoms. The predicted octanol–water partition coefficient (Wildman–Crippen LogP) is 4.57. The summed E-state index contributed by atoms with van der Waals surface area (Å²) >= 11 is 3.29. The summed E-state index contributed by atoms with van der Waals surface area (Å²) in [6.45, 7) is 2.41. The summed E-state index contributed by atoms with van der Waals surface area (Å²) in [6, 6.07) is 11.2. The first-order chi connectivity index (χ1) is 9.51. The number of rotatable bonds is 4. The van der Waals surface area contributed by atoms with Crippen molar-refractivity contribution in [2.75, 3.05) is 6.54 Å². The first-order valence-electron chi connectivity index (χ1n) is 6.42. The van der Waals surface area contributed by atoms with Gasteiger partial charge in [0.15, 0.2) is 0 Å². The van der Waals surface area contributed by atoms with Crippen LogP contribution in [-0.2, 0) is 0 Å². The van der Waals surface area contributed by atoms with Crippen LogP contribution in [0.5, 0.6) is 0 Å². The Kier molecular flexibility index (Phi) is 4.89. The van der Waals surface area contributed by atoms with E-state index >= 15 is 0 Å². The van der Waals surface area contributed by atoms with Gasteiger partial charge in [0.05, 0.1) is 0 Å². The standard InChI is InChI=1S/C16H16BrF2N/c1-10(11-2-4-14(18)5-3-11)16(9-20)12-6-13(17)8-15(19)7-12/h2-8,10,16H,9,20H2,1H3. The molecule has 2 rings (SSSR count). The summed E-state index contributed by atoms with van der Waals surface area (Å²) in [5.41, 5.74) is 7.69. The first-order valence-corrected chi connectivity index (χ1v) is 7.22. The van der Waals surface area contributed by atoms with Crippen LogP contribution in [0.15, 0.2) is 46.9 Å². The molecule has 2 unspecified atom stereocenters. The molecule has 2 aromatic rings. The number of hydrogen-bond donors (Lipinski definition) is 1. The van der Waals surface area contributed by atoms with Crippen LogP contribution >= 0.6 is 15.9 Å². The van der Waals surface area contributed by atoms with Crippen molar-refractivity contribution >= 4 is 15.9 Å². The van der Waals surface area contributed by atoms with E-state index in [2.05, 4.69) is 15.9 Å². The summed E-state index contributed by atoms with van der Waals surface area (Å²) in [5, 5.41) is 0. The maximum atomic E-state index is 13.5. The molecule has 0 heterocycles. The van der Waals surface area contributed by atoms with Gasteiger partial charge in [0.1, 0.15) is 11.6 Å². The van der Waals surface area contributed by atoms with E-state index in [1.807, 2.05) is 13.0 Å². The molecule has 0 fully saturated rings. The van der Waals surface area contributed by atoms with Gasteiger partial charge in [-0.05, 0) is 53.9 Å². The molecule has 106 valence electrons. The number of benzene rings is 2. The highest BCUT2D eigenvalue weighted by Gasteiger charge is 2.20. The lowest BCUT2D eigenvalue weighted by Crippen LogP contribution is -2.18. The van der Waals surface area contributed by atoms with E-state index in [-0.39, 0.29) is 23.5 Å². The third kappa shape index (κ3) is 3.44. The second-order valence-electron chi connectivity index (χ2n) is 4.89. The second kappa shape index (κ2) is 6.46. The van der Waals surface area contributed by atoms with Gasteiger partial charge in [-0.25, -0.2) is 8.78 Å². The Morgan fingerprint density at radius 1 is 1.00 bits per heavy atom. The first kappa shape index (κ1) is 15.1. The van der Waals surface area contributed by atoms with Crippen molar-refractivity contribution in [2.45, 2.75) is 18.8 Å². The Labute approximate surface area is 125 Å². The van der Waals surface area contributed by atoms with Crippen molar-refractivity contribution in [3.8, 4) is 0 Å². The molecule has 0 saturated heterocycles. The van der Waals surface area contributed by atoms with Crippen molar-refractivity contribution in [2.24, 2.45) is 5.73 Å². The summed E-state index contributed by atoms with van der Waals surface area (Å²) in [5.74, 6) is -0.500. The summed E-state index contributed by atoms with van der Waals surface area (Å²) in [7, 11) is 0. The molecule has 0 aliphatic carbocycles. The zero-order chi connectivity index (χ0) is 14.7. The maximum absolute atomic E-state index is 13.5. The normalized spacial score (nSPS) is 14.1. The number of hydrogen-bond acceptors (Lipinski definition) is 1. The SMILES string of the molecule is CC(c1ccc(F)cc1)C(CN)c1cc(F)cc(Br)c1. The summed E-state index contributed by atoms with van der Waals surface area (Å²) in [4.78, 5) is 0. The van der Waals surface area contributed by atoms with Gasteiger partial charge in [-0.3, -0.25) is 0 Å². The molecule has 2 aromatic carbocycles. The highest BCUT2D eigenvalue weighted by Crippen LogP contribution is 2.33. The van der Waals surface area contributed by atoms with Crippen LogP contribution in [0.25, 0.3) is 0 Å². The van der Waals surface area contributed by atoms with Crippen LogP contribution in [0.4, 0.5) is 8.78 Å². The van der Waals surface area contributed by atoms with Gasteiger partial charge in [-0.2, -0.15) is 0 Å². The Hall–Kier alpha value is -1.26. The third-order valence-electron chi connectivity index (χ3n) is 3.57. The van der Waals surface area contributed by atoms with Crippen molar-refractivity contribution in [3.05, 3.63) is 69.7 Å².